The Morgan fingerprint density at radius 3 is 3.00 bits per heavy atom. The quantitative estimate of drug-likeness (QED) is 0.422. The largest absolute Gasteiger partial charge is 0.441 e. The summed E-state index contributed by atoms with van der Waals surface area (Å²) in [5.41, 5.74) is 6.28. The lowest BCUT2D eigenvalue weighted by atomic mass is 9.97. The number of carbonyl (C=O) groups is 2. The third-order valence-electron chi connectivity index (χ3n) is 1.78. The maximum Gasteiger partial charge on any atom is 0.441 e. The van der Waals surface area contributed by atoms with Gasteiger partial charge in [-0.3, -0.25) is 4.79 Å². The van der Waals surface area contributed by atoms with E-state index in [-0.39, 0.29) is 0 Å². The van der Waals surface area contributed by atoms with Gasteiger partial charge >= 0.3 is 12.1 Å². The summed E-state index contributed by atoms with van der Waals surface area (Å²) in [6, 6.07) is 0. The Morgan fingerprint density at radius 1 is 1.46 bits per heavy atom. The topological polar surface area (TPSA) is 81.8 Å². The van der Waals surface area contributed by atoms with E-state index in [9.17, 15) is 9.59 Å². The lowest BCUT2D eigenvalue weighted by Gasteiger charge is -2.18. The molecule has 0 aromatic rings. The van der Waals surface area contributed by atoms with Crippen LogP contribution in [0.5, 0.6) is 0 Å². The summed E-state index contributed by atoms with van der Waals surface area (Å²) in [5, 5.41) is 0. The van der Waals surface area contributed by atoms with E-state index in [1.54, 1.807) is 12.2 Å². The Morgan fingerprint density at radius 2 is 2.23 bits per heavy atom. The molecular weight excluding hydrogens is 172 g/mol. The fraction of sp³-hybridized carbons (Fsp3) is 0.125. The van der Waals surface area contributed by atoms with E-state index in [1.165, 1.54) is 6.08 Å². The Kier molecular flexibility index (Phi) is 1.51. The predicted molar refractivity (Wildman–Crippen MR) is 43.8 cm³/mol. The average Bonchev–Trinajstić information content (AvgIpc) is 2.02. The van der Waals surface area contributed by atoms with Gasteiger partial charge in [0.25, 0.3) is 0 Å². The number of nitrogens with zero attached hydrogens (tertiary/aromatic N) is 1. The Balaban J connectivity index is 2.44. The van der Waals surface area contributed by atoms with Crippen molar-refractivity contribution in [3.63, 3.8) is 0 Å². The molecule has 13 heavy (non-hydrogen) atoms. The molecule has 0 saturated carbocycles. The summed E-state index contributed by atoms with van der Waals surface area (Å²) in [7, 11) is 0. The molecule has 0 radical (unpaired) electrons. The van der Waals surface area contributed by atoms with Crippen LogP contribution in [0.3, 0.4) is 0 Å². The number of ether oxygens (including phenoxy) is 1. The minimum Gasteiger partial charge on any atom is -0.399 e. The molecule has 66 valence electrons. The molecule has 0 spiro atoms. The minimum absolute atomic E-state index is 0.348. The van der Waals surface area contributed by atoms with Crippen molar-refractivity contribution in [3.8, 4) is 0 Å². The first kappa shape index (κ1) is 7.72. The molecule has 1 heterocycles. The highest BCUT2D eigenvalue weighted by molar-refractivity contribution is 6.18. The molecule has 1 atom stereocenters. The first-order valence-corrected chi connectivity index (χ1v) is 3.66. The molecule has 1 unspecified atom stereocenters. The van der Waals surface area contributed by atoms with Crippen LogP contribution in [-0.4, -0.2) is 17.8 Å². The van der Waals surface area contributed by atoms with Crippen LogP contribution in [0, 0.1) is 5.92 Å². The van der Waals surface area contributed by atoms with E-state index in [4.69, 9.17) is 5.73 Å². The van der Waals surface area contributed by atoms with E-state index in [1.807, 2.05) is 0 Å². The molecule has 1 aliphatic carbocycles. The highest BCUT2D eigenvalue weighted by Crippen LogP contribution is 2.18. The maximum absolute atomic E-state index is 11.1. The van der Waals surface area contributed by atoms with Crippen LogP contribution in [0.2, 0.25) is 0 Å². The van der Waals surface area contributed by atoms with Crippen LogP contribution in [-0.2, 0) is 9.53 Å². The van der Waals surface area contributed by atoms with Crippen LogP contribution in [0.4, 0.5) is 4.79 Å². The molecule has 0 bridgehead atoms. The number of esters is 1. The molecule has 0 aromatic carbocycles. The molecular formula is C8H6N2O3. The van der Waals surface area contributed by atoms with Crippen molar-refractivity contribution in [3.05, 3.63) is 23.9 Å². The zero-order chi connectivity index (χ0) is 9.42. The van der Waals surface area contributed by atoms with Gasteiger partial charge in [0.15, 0.2) is 0 Å². The summed E-state index contributed by atoms with van der Waals surface area (Å²) >= 11 is 0. The number of nitrogens with two attached hydrogens (primary N) is 1. The van der Waals surface area contributed by atoms with E-state index < -0.39 is 18.0 Å². The van der Waals surface area contributed by atoms with Gasteiger partial charge in [-0.1, -0.05) is 6.08 Å². The van der Waals surface area contributed by atoms with Gasteiger partial charge in [-0.25, -0.2) is 4.79 Å². The Labute approximate surface area is 73.6 Å². The van der Waals surface area contributed by atoms with Crippen LogP contribution < -0.4 is 5.73 Å². The van der Waals surface area contributed by atoms with Crippen molar-refractivity contribution in [2.24, 2.45) is 16.6 Å². The standard InChI is InChI=1S/C8H6N2O3/c9-4-1-2-5-6(3-4)10-8(12)13-7(5)11/h1-3,5H,9H2. The molecule has 0 saturated heterocycles. The highest BCUT2D eigenvalue weighted by Gasteiger charge is 2.31. The van der Waals surface area contributed by atoms with Crippen molar-refractivity contribution in [2.75, 3.05) is 0 Å². The van der Waals surface area contributed by atoms with Crippen molar-refractivity contribution in [2.45, 2.75) is 0 Å². The number of aliphatic imine (C=N–C) groups is 1. The first-order chi connectivity index (χ1) is 6.16. The maximum atomic E-state index is 11.1. The third-order valence-corrected chi connectivity index (χ3v) is 1.78. The molecule has 0 fully saturated rings. The molecule has 2 aliphatic rings. The summed E-state index contributed by atoms with van der Waals surface area (Å²) in [6.07, 6.45) is 3.75. The average molecular weight is 178 g/mol. The summed E-state index contributed by atoms with van der Waals surface area (Å²) in [5.74, 6) is -1.18. The second kappa shape index (κ2) is 2.55. The molecule has 5 heteroatoms. The van der Waals surface area contributed by atoms with Gasteiger partial charge in [-0.2, -0.15) is 4.99 Å². The van der Waals surface area contributed by atoms with Gasteiger partial charge in [0.1, 0.15) is 5.92 Å². The van der Waals surface area contributed by atoms with Crippen LogP contribution in [0.15, 0.2) is 28.9 Å². The SMILES string of the molecule is NC1=CC2=NC(=O)OC(=O)C2C=C1. The Bertz CT molecular complexity index is 379. The monoisotopic (exact) mass is 178 g/mol. The fourth-order valence-corrected chi connectivity index (χ4v) is 1.19. The van der Waals surface area contributed by atoms with E-state index >= 15 is 0 Å². The molecule has 5 nitrogen and oxygen atoms in total. The number of carbonyl (C=O) groups excluding carboxylic acids is 2. The number of amides is 1. The number of hydrogen-bond donors (Lipinski definition) is 1. The number of rotatable bonds is 0. The Hall–Kier alpha value is -1.91. The summed E-state index contributed by atoms with van der Waals surface area (Å²) < 4.78 is 4.30. The van der Waals surface area contributed by atoms with Gasteiger partial charge in [-0.15, -0.1) is 0 Å². The predicted octanol–water partition coefficient (Wildman–Crippen LogP) is 0.133. The number of fused-ring (bicyclic) bond motifs is 1. The van der Waals surface area contributed by atoms with Crippen molar-refractivity contribution in [1.29, 1.82) is 0 Å². The second-order valence-corrected chi connectivity index (χ2v) is 2.70. The van der Waals surface area contributed by atoms with Gasteiger partial charge < -0.3 is 10.5 Å². The van der Waals surface area contributed by atoms with E-state index in [2.05, 4.69) is 9.73 Å². The molecule has 0 aromatic heterocycles. The van der Waals surface area contributed by atoms with Crippen LogP contribution in [0.25, 0.3) is 0 Å². The number of cyclic esters (lactones) is 2. The molecule has 2 N–H and O–H groups in total. The fourth-order valence-electron chi connectivity index (χ4n) is 1.19. The van der Waals surface area contributed by atoms with E-state index in [0.717, 1.165) is 0 Å². The second-order valence-electron chi connectivity index (χ2n) is 2.70. The highest BCUT2D eigenvalue weighted by atomic mass is 16.6. The lowest BCUT2D eigenvalue weighted by molar-refractivity contribution is -0.138. The van der Waals surface area contributed by atoms with Crippen molar-refractivity contribution >= 4 is 17.8 Å². The molecule has 1 aliphatic heterocycles. The summed E-state index contributed by atoms with van der Waals surface area (Å²) in [4.78, 5) is 25.3. The van der Waals surface area contributed by atoms with Crippen molar-refractivity contribution in [1.82, 2.24) is 0 Å². The van der Waals surface area contributed by atoms with Gasteiger partial charge in [0, 0.05) is 5.70 Å². The molecule has 1 amide bonds. The van der Waals surface area contributed by atoms with Gasteiger partial charge in [0.2, 0.25) is 0 Å². The zero-order valence-corrected chi connectivity index (χ0v) is 6.56. The summed E-state index contributed by atoms with van der Waals surface area (Å²) in [6.45, 7) is 0. The normalized spacial score (nSPS) is 26.0. The lowest BCUT2D eigenvalue weighted by Crippen LogP contribution is -2.32. The van der Waals surface area contributed by atoms with Gasteiger partial charge in [-0.05, 0) is 12.2 Å². The molecule has 2 rings (SSSR count). The minimum atomic E-state index is -0.879. The van der Waals surface area contributed by atoms with Crippen LogP contribution >= 0.6 is 0 Å². The van der Waals surface area contributed by atoms with Crippen LogP contribution in [0.1, 0.15) is 0 Å². The smallest absolute Gasteiger partial charge is 0.399 e. The van der Waals surface area contributed by atoms with E-state index in [0.29, 0.717) is 11.4 Å². The van der Waals surface area contributed by atoms with Gasteiger partial charge in [0.05, 0.1) is 5.71 Å². The number of hydrogen-bond acceptors (Lipinski definition) is 4. The number of allylic oxidation sites excluding steroid dienone is 2. The van der Waals surface area contributed by atoms with Crippen molar-refractivity contribution < 1.29 is 14.3 Å². The third kappa shape index (κ3) is 1.24. The first-order valence-electron chi connectivity index (χ1n) is 3.66. The zero-order valence-electron chi connectivity index (χ0n) is 6.56.